The molecule has 23 heavy (non-hydrogen) atoms. The molecule has 0 amide bonds. The summed E-state index contributed by atoms with van der Waals surface area (Å²) >= 11 is 2.89. The molecule has 0 aliphatic rings. The fourth-order valence-corrected chi connectivity index (χ4v) is 2.92. The molecule has 5 nitrogen and oxygen atoms in total. The number of halogens is 1. The van der Waals surface area contributed by atoms with Crippen molar-refractivity contribution in [2.75, 3.05) is 0 Å². The van der Waals surface area contributed by atoms with Crippen LogP contribution >= 0.6 is 44.5 Å². The van der Waals surface area contributed by atoms with Crippen LogP contribution in [0.2, 0.25) is 0 Å². The van der Waals surface area contributed by atoms with Gasteiger partial charge in [0.25, 0.3) is 5.56 Å². The zero-order chi connectivity index (χ0) is 17.4. The Kier molecular flexibility index (Phi) is 5.94. The highest BCUT2D eigenvalue weighted by Gasteiger charge is 2.34. The monoisotopic (exact) mass is 465 g/mol. The molecular weight excluding hydrogens is 445 g/mol. The van der Waals surface area contributed by atoms with Crippen LogP contribution in [0.25, 0.3) is 10.9 Å². The lowest BCUT2D eigenvalue weighted by atomic mass is 9.83. The predicted octanol–water partition coefficient (Wildman–Crippen LogP) is 2.81. The Morgan fingerprint density at radius 3 is 2.57 bits per heavy atom. The van der Waals surface area contributed by atoms with Crippen LogP contribution in [0.3, 0.4) is 0 Å². The van der Waals surface area contributed by atoms with Crippen molar-refractivity contribution in [1.82, 2.24) is 8.54 Å². The van der Waals surface area contributed by atoms with E-state index < -0.39 is 0 Å². The summed E-state index contributed by atoms with van der Waals surface area (Å²) in [5.41, 5.74) is 0.988. The third kappa shape index (κ3) is 3.98. The van der Waals surface area contributed by atoms with Gasteiger partial charge < -0.3 is 9.22 Å². The molecule has 1 atom stereocenters. The summed E-state index contributed by atoms with van der Waals surface area (Å²) < 4.78 is 14.4. The van der Waals surface area contributed by atoms with Crippen LogP contribution in [0.5, 0.6) is 0 Å². The zero-order valence-electron chi connectivity index (χ0n) is 13.8. The largest absolute Gasteiger partial charge is 0.429 e. The smallest absolute Gasteiger partial charge is 0.332 e. The van der Waals surface area contributed by atoms with E-state index in [2.05, 4.69) is 23.1 Å². The summed E-state index contributed by atoms with van der Waals surface area (Å²) in [6.45, 7) is 8.29. The topological polar surface area (TPSA) is 45.4 Å². The van der Waals surface area contributed by atoms with E-state index in [-0.39, 0.29) is 16.3 Å². The van der Waals surface area contributed by atoms with Crippen LogP contribution in [0.15, 0.2) is 23.3 Å². The molecule has 0 spiro atoms. The number of hydrogen-bond donors (Lipinski definition) is 0. The van der Waals surface area contributed by atoms with Gasteiger partial charge in [0, 0.05) is 30.0 Å². The number of nitrogens with zero attached hydrogens (tertiary/aromatic N) is 2. The first-order chi connectivity index (χ1) is 10.6. The van der Waals surface area contributed by atoms with E-state index in [0.29, 0.717) is 5.52 Å². The second-order valence-corrected chi connectivity index (χ2v) is 9.70. The normalized spacial score (nSPS) is 12.8. The van der Waals surface area contributed by atoms with Crippen LogP contribution in [-0.2, 0) is 14.2 Å². The van der Waals surface area contributed by atoms with E-state index in [1.807, 2.05) is 26.1 Å². The first kappa shape index (κ1) is 19.3. The highest BCUT2D eigenvalue weighted by Crippen LogP contribution is 2.33. The molecule has 2 aromatic heterocycles. The van der Waals surface area contributed by atoms with Gasteiger partial charge in [-0.1, -0.05) is 13.8 Å². The van der Waals surface area contributed by atoms with Gasteiger partial charge in [-0.15, -0.1) is 9.24 Å². The number of rotatable bonds is 6. The van der Waals surface area contributed by atoms with Gasteiger partial charge in [-0.3, -0.25) is 8.77 Å². The van der Waals surface area contributed by atoms with Crippen molar-refractivity contribution in [3.63, 3.8) is 0 Å². The zero-order valence-corrected chi connectivity index (χ0v) is 17.9. The minimum absolute atomic E-state index is 0.0752. The molecule has 2 heterocycles. The number of hydrogen-bond acceptors (Lipinski definition) is 4. The van der Waals surface area contributed by atoms with Crippen molar-refractivity contribution in [1.29, 1.82) is 0 Å². The van der Waals surface area contributed by atoms with Gasteiger partial charge in [0.1, 0.15) is 40.8 Å². The molecule has 0 N–H and O–H groups in total. The van der Waals surface area contributed by atoms with Crippen LogP contribution in [-0.4, -0.2) is 26.8 Å². The molecule has 0 aromatic carbocycles. The molecule has 0 aliphatic heterocycles. The van der Waals surface area contributed by atoms with E-state index in [1.54, 1.807) is 52.3 Å². The molecule has 0 saturated carbocycles. The van der Waals surface area contributed by atoms with Crippen LogP contribution in [0.4, 0.5) is 0 Å². The lowest BCUT2D eigenvalue weighted by Gasteiger charge is -2.39. The second kappa shape index (κ2) is 7.08. The summed E-state index contributed by atoms with van der Waals surface area (Å²) in [7, 11) is 6.27. The van der Waals surface area contributed by atoms with Crippen molar-refractivity contribution >= 4 is 68.3 Å². The standard InChI is InChI=1S/C14H20BIN2O3PS/c1-13(2,14(3,4)22)20-15-10-8-17(5)12(19)11-9(10)6-7-18(11)23-21-16/h6-8H,22H2,1-5H3. The molecule has 0 fully saturated rings. The van der Waals surface area contributed by atoms with Gasteiger partial charge in [-0.2, -0.15) is 0 Å². The molecule has 9 heteroatoms. The van der Waals surface area contributed by atoms with Crippen molar-refractivity contribution in [3.05, 3.63) is 28.8 Å². The van der Waals surface area contributed by atoms with E-state index in [0.717, 1.165) is 23.1 Å². The summed E-state index contributed by atoms with van der Waals surface area (Å²) in [6.07, 6.45) is 3.61. The van der Waals surface area contributed by atoms with E-state index in [4.69, 9.17) is 7.17 Å². The maximum atomic E-state index is 12.4. The number of fused-ring (bicyclic) bond motifs is 1. The quantitative estimate of drug-likeness (QED) is 0.285. The summed E-state index contributed by atoms with van der Waals surface area (Å²) in [5.74, 6) is 0. The van der Waals surface area contributed by atoms with Gasteiger partial charge in [0.05, 0.1) is 5.60 Å². The molecule has 1 radical (unpaired) electrons. The highest BCUT2D eigenvalue weighted by atomic mass is 127. The maximum Gasteiger partial charge on any atom is 0.332 e. The SMILES string of the molecule is Cn1cc([B]OC(C)(C)C(C)(C)P)c2ccn(SOI)c2c1=O. The number of aryl methyl sites for hydroxylation is 1. The van der Waals surface area contributed by atoms with Crippen LogP contribution in [0.1, 0.15) is 27.7 Å². The summed E-state index contributed by atoms with van der Waals surface area (Å²) in [6, 6.07) is 1.90. The first-order valence-electron chi connectivity index (χ1n) is 7.05. The van der Waals surface area contributed by atoms with Crippen molar-refractivity contribution in [2.45, 2.75) is 38.5 Å². The molecular formula is C14H20BIN2O3PS. The van der Waals surface area contributed by atoms with Gasteiger partial charge in [0.15, 0.2) is 0 Å². The number of aromatic nitrogens is 2. The van der Waals surface area contributed by atoms with Gasteiger partial charge >= 0.3 is 7.48 Å². The van der Waals surface area contributed by atoms with Gasteiger partial charge in [-0.05, 0) is 25.4 Å². The maximum absolute atomic E-state index is 12.4. The third-order valence-corrected chi connectivity index (χ3v) is 5.86. The fourth-order valence-electron chi connectivity index (χ4n) is 1.91. The predicted molar refractivity (Wildman–Crippen MR) is 110 cm³/mol. The Bertz CT molecular complexity index is 770. The van der Waals surface area contributed by atoms with Crippen molar-refractivity contribution in [3.8, 4) is 0 Å². The fraction of sp³-hybridized carbons (Fsp3) is 0.500. The highest BCUT2D eigenvalue weighted by molar-refractivity contribution is 14.1. The molecule has 1 unspecified atom stereocenters. The van der Waals surface area contributed by atoms with E-state index >= 15 is 0 Å². The Morgan fingerprint density at radius 1 is 1.35 bits per heavy atom. The van der Waals surface area contributed by atoms with E-state index in [9.17, 15) is 4.79 Å². The number of pyridine rings is 1. The molecule has 2 aromatic rings. The minimum atomic E-state index is -0.374. The first-order valence-corrected chi connectivity index (χ1v) is 9.20. The van der Waals surface area contributed by atoms with Crippen molar-refractivity contribution < 1.29 is 7.17 Å². The van der Waals surface area contributed by atoms with Crippen LogP contribution < -0.4 is 11.0 Å². The Morgan fingerprint density at radius 2 is 2.00 bits per heavy atom. The van der Waals surface area contributed by atoms with Crippen LogP contribution in [0, 0.1) is 0 Å². The minimum Gasteiger partial charge on any atom is -0.429 e. The van der Waals surface area contributed by atoms with E-state index in [1.165, 1.54) is 0 Å². The molecule has 2 rings (SSSR count). The van der Waals surface area contributed by atoms with Gasteiger partial charge in [0.2, 0.25) is 0 Å². The average molecular weight is 465 g/mol. The Labute approximate surface area is 158 Å². The third-order valence-electron chi connectivity index (χ3n) is 4.16. The second-order valence-electron chi connectivity index (χ2n) is 6.51. The molecule has 0 bridgehead atoms. The molecule has 0 saturated heterocycles. The van der Waals surface area contributed by atoms with Gasteiger partial charge in [-0.25, -0.2) is 2.51 Å². The Hall–Kier alpha value is -0.0151. The summed E-state index contributed by atoms with van der Waals surface area (Å²) in [5, 5.41) is 0.742. The lowest BCUT2D eigenvalue weighted by molar-refractivity contribution is 0.0841. The Balaban J connectivity index is 2.43. The average Bonchev–Trinajstić information content (AvgIpc) is 2.85. The molecule has 125 valence electrons. The lowest BCUT2D eigenvalue weighted by Crippen LogP contribution is -2.45. The van der Waals surface area contributed by atoms with Crippen molar-refractivity contribution in [2.24, 2.45) is 7.05 Å². The molecule has 0 aliphatic carbocycles. The summed E-state index contributed by atoms with van der Waals surface area (Å²) in [4.78, 5) is 12.4.